The zero-order valence-electron chi connectivity index (χ0n) is 14.7. The second-order valence-corrected chi connectivity index (χ2v) is 7.36. The zero-order chi connectivity index (χ0) is 18.1. The number of hydrogen-bond acceptors (Lipinski definition) is 3. The van der Waals surface area contributed by atoms with Crippen LogP contribution in [0.1, 0.15) is 59.5 Å². The van der Waals surface area contributed by atoms with E-state index in [-0.39, 0.29) is 5.76 Å². The van der Waals surface area contributed by atoms with Crippen LogP contribution in [0.5, 0.6) is 0 Å². The van der Waals surface area contributed by atoms with Gasteiger partial charge in [-0.3, -0.25) is 9.59 Å². The number of ketones is 2. The molecule has 0 spiro atoms. The van der Waals surface area contributed by atoms with E-state index in [4.69, 9.17) is 0 Å². The molecule has 0 aromatic heterocycles. The van der Waals surface area contributed by atoms with Gasteiger partial charge < -0.3 is 5.11 Å². The van der Waals surface area contributed by atoms with Gasteiger partial charge in [-0.1, -0.05) is 54.6 Å². The summed E-state index contributed by atoms with van der Waals surface area (Å²) in [5.74, 6) is -0.123. The normalized spacial score (nSPS) is 23.1. The Bertz CT molecular complexity index is 871. The Morgan fingerprint density at radius 1 is 0.769 bits per heavy atom. The van der Waals surface area contributed by atoms with Crippen LogP contribution in [0.2, 0.25) is 0 Å². The molecule has 0 aliphatic heterocycles. The maximum Gasteiger partial charge on any atom is 0.234 e. The van der Waals surface area contributed by atoms with Crippen molar-refractivity contribution < 1.29 is 14.7 Å². The minimum absolute atomic E-state index is 0.00428. The van der Waals surface area contributed by atoms with Crippen LogP contribution in [-0.4, -0.2) is 16.7 Å². The van der Waals surface area contributed by atoms with E-state index < -0.39 is 11.6 Å². The first-order valence-corrected chi connectivity index (χ1v) is 9.30. The molecule has 2 aromatic carbocycles. The lowest BCUT2D eigenvalue weighted by Gasteiger charge is -2.30. The number of aliphatic hydroxyl groups excluding tert-OH is 1. The highest BCUT2D eigenvalue weighted by Gasteiger charge is 2.34. The van der Waals surface area contributed by atoms with Gasteiger partial charge in [0, 0.05) is 16.7 Å². The van der Waals surface area contributed by atoms with E-state index in [2.05, 4.69) is 24.3 Å². The number of carbonyl (C=O) groups excluding carboxylic acids is 2. The maximum absolute atomic E-state index is 12.5. The van der Waals surface area contributed by atoms with Gasteiger partial charge in [-0.2, -0.15) is 0 Å². The van der Waals surface area contributed by atoms with Crippen LogP contribution in [-0.2, 0) is 4.79 Å². The summed E-state index contributed by atoms with van der Waals surface area (Å²) in [4.78, 5) is 24.8. The third kappa shape index (κ3) is 2.98. The Morgan fingerprint density at radius 2 is 1.38 bits per heavy atom. The molecule has 1 N–H and O–H groups in total. The van der Waals surface area contributed by atoms with Crippen molar-refractivity contribution in [1.29, 1.82) is 0 Å². The summed E-state index contributed by atoms with van der Waals surface area (Å²) >= 11 is 0. The second-order valence-electron chi connectivity index (χ2n) is 7.36. The van der Waals surface area contributed by atoms with Gasteiger partial charge in [0.15, 0.2) is 0 Å². The van der Waals surface area contributed by atoms with Crippen LogP contribution < -0.4 is 0 Å². The molecule has 0 amide bonds. The Kier molecular flexibility index (Phi) is 4.46. The molecular weight excluding hydrogens is 324 g/mol. The molecule has 132 valence electrons. The summed E-state index contributed by atoms with van der Waals surface area (Å²) in [5.41, 5.74) is 2.49. The van der Waals surface area contributed by atoms with Gasteiger partial charge in [0.1, 0.15) is 5.76 Å². The largest absolute Gasteiger partial charge is 0.507 e. The minimum Gasteiger partial charge on any atom is -0.507 e. The highest BCUT2D eigenvalue weighted by atomic mass is 16.3. The van der Waals surface area contributed by atoms with E-state index in [1.54, 1.807) is 24.3 Å². The summed E-state index contributed by atoms with van der Waals surface area (Å²) in [7, 11) is 0. The van der Waals surface area contributed by atoms with Gasteiger partial charge in [-0.15, -0.1) is 0 Å². The Hall–Kier alpha value is -2.68. The van der Waals surface area contributed by atoms with Gasteiger partial charge in [-0.05, 0) is 49.5 Å². The predicted molar refractivity (Wildman–Crippen MR) is 101 cm³/mol. The fraction of sp³-hybridized carbons (Fsp3) is 0.304. The first kappa shape index (κ1) is 16.8. The molecule has 0 unspecified atom stereocenters. The molecule has 0 saturated heterocycles. The van der Waals surface area contributed by atoms with Crippen molar-refractivity contribution in [2.24, 2.45) is 5.92 Å². The molecule has 2 aliphatic carbocycles. The maximum atomic E-state index is 12.5. The number of benzene rings is 2. The average Bonchev–Trinajstić information content (AvgIpc) is 2.71. The lowest BCUT2D eigenvalue weighted by molar-refractivity contribution is -0.112. The smallest absolute Gasteiger partial charge is 0.234 e. The number of carbonyl (C=O) groups is 2. The molecule has 3 nitrogen and oxygen atoms in total. The monoisotopic (exact) mass is 346 g/mol. The van der Waals surface area contributed by atoms with E-state index >= 15 is 0 Å². The van der Waals surface area contributed by atoms with Gasteiger partial charge in [-0.25, -0.2) is 0 Å². The van der Waals surface area contributed by atoms with Crippen molar-refractivity contribution >= 4 is 17.3 Å². The highest BCUT2D eigenvalue weighted by molar-refractivity contribution is 6.52. The molecule has 26 heavy (non-hydrogen) atoms. The fourth-order valence-electron chi connectivity index (χ4n) is 4.32. The van der Waals surface area contributed by atoms with E-state index in [9.17, 15) is 14.7 Å². The number of allylic oxidation sites excluding steroid dienone is 1. The first-order valence-electron chi connectivity index (χ1n) is 9.30. The summed E-state index contributed by atoms with van der Waals surface area (Å²) in [6.07, 6.45) is 4.69. The molecule has 0 heterocycles. The van der Waals surface area contributed by atoms with Crippen molar-refractivity contribution in [1.82, 2.24) is 0 Å². The van der Waals surface area contributed by atoms with E-state index in [1.165, 1.54) is 5.56 Å². The summed E-state index contributed by atoms with van der Waals surface area (Å²) in [6.45, 7) is 0. The van der Waals surface area contributed by atoms with Gasteiger partial charge >= 0.3 is 0 Å². The van der Waals surface area contributed by atoms with Crippen LogP contribution in [0, 0.1) is 5.92 Å². The van der Waals surface area contributed by atoms with Crippen molar-refractivity contribution in [3.8, 4) is 0 Å². The molecule has 0 radical (unpaired) electrons. The number of aliphatic hydroxyl groups is 1. The summed E-state index contributed by atoms with van der Waals surface area (Å²) < 4.78 is 0. The molecule has 2 aromatic rings. The average molecular weight is 346 g/mol. The second kappa shape index (κ2) is 6.91. The van der Waals surface area contributed by atoms with Gasteiger partial charge in [0.25, 0.3) is 0 Å². The van der Waals surface area contributed by atoms with Crippen LogP contribution in [0.15, 0.2) is 60.2 Å². The topological polar surface area (TPSA) is 54.4 Å². The predicted octanol–water partition coefficient (Wildman–Crippen LogP) is 5.09. The Labute approximate surface area is 153 Å². The molecule has 3 heteroatoms. The Morgan fingerprint density at radius 3 is 2.08 bits per heavy atom. The van der Waals surface area contributed by atoms with Crippen molar-refractivity contribution in [2.45, 2.75) is 38.0 Å². The molecule has 1 fully saturated rings. The third-order valence-corrected chi connectivity index (χ3v) is 5.80. The van der Waals surface area contributed by atoms with Crippen LogP contribution in [0.4, 0.5) is 0 Å². The molecule has 2 aliphatic rings. The lowest BCUT2D eigenvalue weighted by Crippen LogP contribution is -2.26. The van der Waals surface area contributed by atoms with Crippen LogP contribution >= 0.6 is 0 Å². The van der Waals surface area contributed by atoms with E-state index in [1.807, 2.05) is 6.07 Å². The Balaban J connectivity index is 1.50. The van der Waals surface area contributed by atoms with Crippen LogP contribution in [0.3, 0.4) is 0 Å². The van der Waals surface area contributed by atoms with E-state index in [0.717, 1.165) is 25.7 Å². The first-order chi connectivity index (χ1) is 12.6. The summed E-state index contributed by atoms with van der Waals surface area (Å²) in [5, 5.41) is 10.6. The van der Waals surface area contributed by atoms with E-state index in [0.29, 0.717) is 35.0 Å². The lowest BCUT2D eigenvalue weighted by atomic mass is 9.75. The number of hydrogen-bond donors (Lipinski definition) is 1. The molecule has 1 saturated carbocycles. The van der Waals surface area contributed by atoms with Crippen molar-refractivity contribution in [3.63, 3.8) is 0 Å². The quantitative estimate of drug-likeness (QED) is 0.788. The van der Waals surface area contributed by atoms with Gasteiger partial charge in [0.05, 0.1) is 0 Å². The molecular formula is C23H22O3. The molecule has 0 bridgehead atoms. The number of Topliss-reactive ketones (excluding diaryl/α,β-unsaturated/α-hetero) is 2. The molecule has 0 atom stereocenters. The number of rotatable bonds is 3. The van der Waals surface area contributed by atoms with Crippen molar-refractivity contribution in [3.05, 3.63) is 76.9 Å². The standard InChI is InChI=1S/C23H22O3/c24-21-18-8-4-5-9-19(18)22(25)23(26)20(21)14-15-10-12-17(13-11-15)16-6-2-1-3-7-16/h1-9,15,17,24H,10-14H2. The van der Waals surface area contributed by atoms with Crippen LogP contribution in [0.25, 0.3) is 5.76 Å². The SMILES string of the molecule is O=C1C(=O)c2ccccc2C(O)=C1CC1CCC(c2ccccc2)CC1. The van der Waals surface area contributed by atoms with Gasteiger partial charge in [0.2, 0.25) is 11.6 Å². The zero-order valence-corrected chi connectivity index (χ0v) is 14.7. The number of fused-ring (bicyclic) bond motifs is 1. The highest BCUT2D eigenvalue weighted by Crippen LogP contribution is 2.40. The third-order valence-electron chi connectivity index (χ3n) is 5.80. The molecule has 4 rings (SSSR count). The summed E-state index contributed by atoms with van der Waals surface area (Å²) in [6, 6.07) is 17.4. The van der Waals surface area contributed by atoms with Crippen molar-refractivity contribution in [2.75, 3.05) is 0 Å². The fourth-order valence-corrected chi connectivity index (χ4v) is 4.32. The minimum atomic E-state index is -0.536.